The van der Waals surface area contributed by atoms with Crippen LogP contribution in [-0.4, -0.2) is 71.1 Å². The van der Waals surface area contributed by atoms with E-state index in [-0.39, 0.29) is 13.2 Å². The van der Waals surface area contributed by atoms with Crippen molar-refractivity contribution in [2.45, 2.75) is 52.7 Å². The lowest BCUT2D eigenvalue weighted by Gasteiger charge is -2.17. The van der Waals surface area contributed by atoms with E-state index in [1.54, 1.807) is 0 Å². The van der Waals surface area contributed by atoms with Crippen molar-refractivity contribution in [1.82, 2.24) is 20.4 Å². The van der Waals surface area contributed by atoms with E-state index in [1.807, 2.05) is 40.1 Å². The van der Waals surface area contributed by atoms with Crippen molar-refractivity contribution >= 4 is 5.91 Å². The fourth-order valence-corrected chi connectivity index (χ4v) is 4.06. The molecule has 1 heterocycles. The summed E-state index contributed by atoms with van der Waals surface area (Å²) >= 11 is 0. The van der Waals surface area contributed by atoms with E-state index in [4.69, 9.17) is 19.4 Å². The molecule has 9 nitrogen and oxygen atoms in total. The van der Waals surface area contributed by atoms with E-state index >= 15 is 0 Å². The summed E-state index contributed by atoms with van der Waals surface area (Å²) in [4.78, 5) is 18.0. The number of aliphatic hydroxyl groups excluding tert-OH is 2. The molecular formula is C28H38N4O5. The Kier molecular flexibility index (Phi) is 9.79. The Bertz CT molecular complexity index is 1210. The fraction of sp³-hybridized carbons (Fsp3) is 0.464. The average molecular weight is 511 g/mol. The summed E-state index contributed by atoms with van der Waals surface area (Å²) in [6.07, 6.45) is -0.200. The lowest BCUT2D eigenvalue weighted by molar-refractivity contribution is -0.124. The average Bonchev–Trinajstić information content (AvgIpc) is 3.36. The molecule has 9 heteroatoms. The number of aliphatic hydroxyl groups is 2. The van der Waals surface area contributed by atoms with Crippen molar-refractivity contribution in [2.75, 3.05) is 33.9 Å². The van der Waals surface area contributed by atoms with Gasteiger partial charge in [0.05, 0.1) is 0 Å². The molecule has 1 aromatic heterocycles. The molecule has 0 aliphatic carbocycles. The zero-order chi connectivity index (χ0) is 27.1. The van der Waals surface area contributed by atoms with Crippen LogP contribution in [0.15, 0.2) is 34.9 Å². The highest BCUT2D eigenvalue weighted by Crippen LogP contribution is 2.32. The lowest BCUT2D eigenvalue weighted by atomic mass is 9.97. The molecule has 0 saturated heterocycles. The predicted molar refractivity (Wildman–Crippen MR) is 142 cm³/mol. The first-order chi connectivity index (χ1) is 17.6. The van der Waals surface area contributed by atoms with Gasteiger partial charge in [0.2, 0.25) is 11.7 Å². The molecule has 0 aliphatic rings. The topological polar surface area (TPSA) is 121 Å². The highest BCUT2D eigenvalue weighted by Gasteiger charge is 2.17. The molecule has 2 aromatic carbocycles. The van der Waals surface area contributed by atoms with Crippen molar-refractivity contribution in [2.24, 2.45) is 0 Å². The molecule has 1 unspecified atom stereocenters. The van der Waals surface area contributed by atoms with E-state index in [9.17, 15) is 9.90 Å². The summed E-state index contributed by atoms with van der Waals surface area (Å²) in [6, 6.07) is 10.3. The highest BCUT2D eigenvalue weighted by molar-refractivity contribution is 5.76. The van der Waals surface area contributed by atoms with Crippen molar-refractivity contribution < 1.29 is 24.3 Å². The SMILES string of the molecule is CCc1cc(-c2noc(-c3cc(CN(C)C)cc(C(C)C)c3)n2)cc(C)c1OCC(O)CNC(=O)CO. The standard InChI is InChI=1S/C28H38N4O5/c1-7-20-11-22(8-18(4)26(20)36-16-24(34)13-29-25(35)15-33)27-30-28(37-31-27)23-10-19(14-32(5)6)9-21(12-23)17(2)3/h8-12,17,24,33-34H,7,13-16H2,1-6H3,(H,29,35). The number of hydrogen-bond acceptors (Lipinski definition) is 8. The van der Waals surface area contributed by atoms with Gasteiger partial charge in [-0.2, -0.15) is 4.98 Å². The second-order valence-corrected chi connectivity index (χ2v) is 9.84. The molecule has 0 aliphatic heterocycles. The van der Waals surface area contributed by atoms with E-state index < -0.39 is 18.6 Å². The minimum atomic E-state index is -0.905. The first-order valence-corrected chi connectivity index (χ1v) is 12.6. The highest BCUT2D eigenvalue weighted by atomic mass is 16.5. The van der Waals surface area contributed by atoms with Crippen LogP contribution in [0, 0.1) is 6.92 Å². The van der Waals surface area contributed by atoms with Gasteiger partial charge in [0.25, 0.3) is 5.89 Å². The molecule has 37 heavy (non-hydrogen) atoms. The number of ether oxygens (including phenoxy) is 1. The third-order valence-electron chi connectivity index (χ3n) is 5.94. The van der Waals surface area contributed by atoms with E-state index in [1.165, 1.54) is 11.1 Å². The fourth-order valence-electron chi connectivity index (χ4n) is 4.06. The van der Waals surface area contributed by atoms with E-state index in [0.29, 0.717) is 29.8 Å². The van der Waals surface area contributed by atoms with Gasteiger partial charge in [-0.1, -0.05) is 32.0 Å². The number of aromatic nitrogens is 2. The Morgan fingerprint density at radius 1 is 1.16 bits per heavy atom. The van der Waals surface area contributed by atoms with Gasteiger partial charge in [-0.15, -0.1) is 0 Å². The van der Waals surface area contributed by atoms with E-state index in [0.717, 1.165) is 28.8 Å². The summed E-state index contributed by atoms with van der Waals surface area (Å²) in [7, 11) is 4.09. The number of hydrogen-bond donors (Lipinski definition) is 3. The smallest absolute Gasteiger partial charge is 0.258 e. The Morgan fingerprint density at radius 3 is 2.57 bits per heavy atom. The number of carbonyl (C=O) groups is 1. The molecular weight excluding hydrogens is 472 g/mol. The Balaban J connectivity index is 1.83. The number of amides is 1. The number of carbonyl (C=O) groups excluding carboxylic acids is 1. The molecule has 3 aromatic rings. The number of rotatable bonds is 12. The zero-order valence-corrected chi connectivity index (χ0v) is 22.5. The molecule has 0 fully saturated rings. The second-order valence-electron chi connectivity index (χ2n) is 9.84. The van der Waals surface area contributed by atoms with Crippen LogP contribution >= 0.6 is 0 Å². The van der Waals surface area contributed by atoms with Gasteiger partial charge < -0.3 is 29.7 Å². The molecule has 0 spiro atoms. The summed E-state index contributed by atoms with van der Waals surface area (Å²) in [6.45, 7) is 8.49. The number of aryl methyl sites for hydroxylation is 2. The van der Waals surface area contributed by atoms with Crippen LogP contribution < -0.4 is 10.1 Å². The van der Waals surface area contributed by atoms with Crippen LogP contribution in [0.1, 0.15) is 48.9 Å². The van der Waals surface area contributed by atoms with Gasteiger partial charge in [-0.3, -0.25) is 4.79 Å². The summed E-state index contributed by atoms with van der Waals surface area (Å²) in [5.74, 6) is 1.48. The first-order valence-electron chi connectivity index (χ1n) is 12.6. The van der Waals surface area contributed by atoms with Gasteiger partial charge in [0.1, 0.15) is 25.1 Å². The monoisotopic (exact) mass is 510 g/mol. The van der Waals surface area contributed by atoms with Crippen molar-refractivity contribution in [1.29, 1.82) is 0 Å². The maximum absolute atomic E-state index is 11.2. The molecule has 3 rings (SSSR count). The lowest BCUT2D eigenvalue weighted by Crippen LogP contribution is -2.36. The normalized spacial score (nSPS) is 12.3. The molecule has 0 saturated carbocycles. The van der Waals surface area contributed by atoms with Crippen molar-refractivity contribution in [3.05, 3.63) is 52.6 Å². The van der Waals surface area contributed by atoms with Gasteiger partial charge in [0, 0.05) is 24.2 Å². The third-order valence-corrected chi connectivity index (χ3v) is 5.94. The van der Waals surface area contributed by atoms with Gasteiger partial charge in [-0.05, 0) is 79.9 Å². The van der Waals surface area contributed by atoms with Gasteiger partial charge in [0.15, 0.2) is 0 Å². The Labute approximate surface area is 218 Å². The summed E-state index contributed by atoms with van der Waals surface area (Å²) in [5.41, 5.74) is 5.95. The van der Waals surface area contributed by atoms with Crippen LogP contribution in [0.2, 0.25) is 0 Å². The minimum Gasteiger partial charge on any atom is -0.490 e. The van der Waals surface area contributed by atoms with Crippen LogP contribution in [-0.2, 0) is 17.8 Å². The summed E-state index contributed by atoms with van der Waals surface area (Å²) < 4.78 is 11.6. The minimum absolute atomic E-state index is 0.00210. The molecule has 1 amide bonds. The number of benzene rings is 2. The van der Waals surface area contributed by atoms with Crippen LogP contribution in [0.5, 0.6) is 5.75 Å². The molecule has 3 N–H and O–H groups in total. The first kappa shape index (κ1) is 28.3. The van der Waals surface area contributed by atoms with Crippen molar-refractivity contribution in [3.8, 4) is 28.6 Å². The predicted octanol–water partition coefficient (Wildman–Crippen LogP) is 3.31. The molecule has 0 bridgehead atoms. The quantitative estimate of drug-likeness (QED) is 0.339. The molecule has 1 atom stereocenters. The summed E-state index contributed by atoms with van der Waals surface area (Å²) in [5, 5.41) is 25.6. The van der Waals surface area contributed by atoms with Gasteiger partial charge >= 0.3 is 0 Å². The molecule has 0 radical (unpaired) electrons. The van der Waals surface area contributed by atoms with Crippen LogP contribution in [0.4, 0.5) is 0 Å². The number of nitrogens with one attached hydrogen (secondary N) is 1. The van der Waals surface area contributed by atoms with Crippen molar-refractivity contribution in [3.63, 3.8) is 0 Å². The third kappa shape index (κ3) is 7.61. The molecule has 200 valence electrons. The van der Waals surface area contributed by atoms with E-state index in [2.05, 4.69) is 47.4 Å². The maximum atomic E-state index is 11.2. The largest absolute Gasteiger partial charge is 0.490 e. The second kappa shape index (κ2) is 12.8. The van der Waals surface area contributed by atoms with Crippen LogP contribution in [0.3, 0.4) is 0 Å². The maximum Gasteiger partial charge on any atom is 0.258 e. The number of nitrogens with zero attached hydrogens (tertiary/aromatic N) is 3. The Hall–Kier alpha value is -3.27. The van der Waals surface area contributed by atoms with Gasteiger partial charge in [-0.25, -0.2) is 0 Å². The zero-order valence-electron chi connectivity index (χ0n) is 22.5. The Morgan fingerprint density at radius 2 is 1.92 bits per heavy atom. The van der Waals surface area contributed by atoms with Crippen LogP contribution in [0.25, 0.3) is 22.8 Å².